The van der Waals surface area contributed by atoms with E-state index in [4.69, 9.17) is 5.73 Å². The standard InChI is InChI=1S/C15H22N2O/c1-10(11-5-4-6-13(16)7-11)14(18)17-9-12-8-15(12,2)3/h4-7,10,12H,8-9,16H2,1-3H3,(H,17,18). The predicted octanol–water partition coefficient (Wildman–Crippen LogP) is 2.53. The lowest BCUT2D eigenvalue weighted by Crippen LogP contribution is -2.30. The number of anilines is 1. The van der Waals surface area contributed by atoms with Gasteiger partial charge in [0.2, 0.25) is 5.91 Å². The first kappa shape index (κ1) is 12.9. The molecule has 98 valence electrons. The van der Waals surface area contributed by atoms with E-state index in [1.54, 1.807) is 0 Å². The number of nitrogen functional groups attached to an aromatic ring is 1. The minimum Gasteiger partial charge on any atom is -0.399 e. The van der Waals surface area contributed by atoms with Crippen LogP contribution in [0.5, 0.6) is 0 Å². The maximum absolute atomic E-state index is 12.0. The van der Waals surface area contributed by atoms with Crippen molar-refractivity contribution < 1.29 is 4.79 Å². The average molecular weight is 246 g/mol. The summed E-state index contributed by atoms with van der Waals surface area (Å²) in [7, 11) is 0. The van der Waals surface area contributed by atoms with Gasteiger partial charge in [0.15, 0.2) is 0 Å². The number of amides is 1. The average Bonchev–Trinajstić information content (AvgIpc) is 2.93. The highest BCUT2D eigenvalue weighted by Crippen LogP contribution is 2.51. The van der Waals surface area contributed by atoms with E-state index in [1.165, 1.54) is 6.42 Å². The van der Waals surface area contributed by atoms with Gasteiger partial charge in [0.1, 0.15) is 0 Å². The molecule has 1 amide bonds. The minimum absolute atomic E-state index is 0.0864. The SMILES string of the molecule is CC(C(=O)NCC1CC1(C)C)c1cccc(N)c1. The maximum Gasteiger partial charge on any atom is 0.227 e. The van der Waals surface area contributed by atoms with E-state index in [1.807, 2.05) is 31.2 Å². The number of carbonyl (C=O) groups is 1. The molecule has 0 saturated heterocycles. The van der Waals surface area contributed by atoms with Crippen LogP contribution in [0.15, 0.2) is 24.3 Å². The summed E-state index contributed by atoms with van der Waals surface area (Å²) in [5, 5.41) is 3.04. The maximum atomic E-state index is 12.0. The number of hydrogen-bond acceptors (Lipinski definition) is 2. The van der Waals surface area contributed by atoms with E-state index in [9.17, 15) is 4.79 Å². The summed E-state index contributed by atoms with van der Waals surface area (Å²) < 4.78 is 0. The zero-order valence-corrected chi connectivity index (χ0v) is 11.4. The number of benzene rings is 1. The van der Waals surface area contributed by atoms with E-state index in [2.05, 4.69) is 19.2 Å². The largest absolute Gasteiger partial charge is 0.399 e. The molecule has 1 aliphatic carbocycles. The van der Waals surface area contributed by atoms with Gasteiger partial charge in [-0.3, -0.25) is 4.79 Å². The van der Waals surface area contributed by atoms with Crippen molar-refractivity contribution in [2.45, 2.75) is 33.1 Å². The van der Waals surface area contributed by atoms with Crippen molar-refractivity contribution in [3.63, 3.8) is 0 Å². The van der Waals surface area contributed by atoms with Gasteiger partial charge >= 0.3 is 0 Å². The van der Waals surface area contributed by atoms with Crippen LogP contribution >= 0.6 is 0 Å². The second-order valence-corrected chi connectivity index (χ2v) is 6.03. The van der Waals surface area contributed by atoms with Crippen LogP contribution in [0.2, 0.25) is 0 Å². The lowest BCUT2D eigenvalue weighted by molar-refractivity contribution is -0.122. The molecule has 0 radical (unpaired) electrons. The first-order valence-electron chi connectivity index (χ1n) is 6.53. The molecule has 0 bridgehead atoms. The predicted molar refractivity (Wildman–Crippen MR) is 74.2 cm³/mol. The van der Waals surface area contributed by atoms with Crippen molar-refractivity contribution in [3.8, 4) is 0 Å². The molecule has 18 heavy (non-hydrogen) atoms. The Bertz CT molecular complexity index is 454. The van der Waals surface area contributed by atoms with Gasteiger partial charge < -0.3 is 11.1 Å². The third kappa shape index (κ3) is 2.84. The number of hydrogen-bond donors (Lipinski definition) is 2. The molecule has 1 saturated carbocycles. The van der Waals surface area contributed by atoms with Gasteiger partial charge in [-0.25, -0.2) is 0 Å². The molecule has 1 fully saturated rings. The zero-order valence-electron chi connectivity index (χ0n) is 11.4. The van der Waals surface area contributed by atoms with Crippen molar-refractivity contribution >= 4 is 11.6 Å². The van der Waals surface area contributed by atoms with Crippen molar-refractivity contribution in [2.75, 3.05) is 12.3 Å². The Balaban J connectivity index is 1.89. The molecule has 2 rings (SSSR count). The number of nitrogens with two attached hydrogens (primary N) is 1. The summed E-state index contributed by atoms with van der Waals surface area (Å²) in [5.74, 6) is 0.577. The Kier molecular flexibility index (Phi) is 3.33. The fourth-order valence-electron chi connectivity index (χ4n) is 2.28. The van der Waals surface area contributed by atoms with Gasteiger partial charge in [-0.1, -0.05) is 26.0 Å². The second kappa shape index (κ2) is 4.63. The lowest BCUT2D eigenvalue weighted by Gasteiger charge is -2.13. The molecule has 3 nitrogen and oxygen atoms in total. The first-order chi connectivity index (χ1) is 8.40. The van der Waals surface area contributed by atoms with Crippen LogP contribution in [0.1, 0.15) is 38.7 Å². The Labute approximate surface area is 109 Å². The molecule has 2 atom stereocenters. The van der Waals surface area contributed by atoms with E-state index < -0.39 is 0 Å². The van der Waals surface area contributed by atoms with Gasteiger partial charge in [-0.05, 0) is 42.4 Å². The van der Waals surface area contributed by atoms with Crippen molar-refractivity contribution in [2.24, 2.45) is 11.3 Å². The van der Waals surface area contributed by atoms with E-state index in [0.29, 0.717) is 17.0 Å². The molecular weight excluding hydrogens is 224 g/mol. The second-order valence-electron chi connectivity index (χ2n) is 6.03. The van der Waals surface area contributed by atoms with Crippen LogP contribution in [0.25, 0.3) is 0 Å². The summed E-state index contributed by atoms with van der Waals surface area (Å²) in [6.07, 6.45) is 1.21. The van der Waals surface area contributed by atoms with Gasteiger partial charge in [-0.2, -0.15) is 0 Å². The quantitative estimate of drug-likeness (QED) is 0.802. The van der Waals surface area contributed by atoms with Crippen LogP contribution in [0.3, 0.4) is 0 Å². The van der Waals surface area contributed by atoms with E-state index >= 15 is 0 Å². The topological polar surface area (TPSA) is 55.1 Å². The number of nitrogens with one attached hydrogen (secondary N) is 1. The third-order valence-electron chi connectivity index (χ3n) is 4.04. The number of carbonyl (C=O) groups excluding carboxylic acids is 1. The number of rotatable bonds is 4. The Morgan fingerprint density at radius 3 is 2.78 bits per heavy atom. The summed E-state index contributed by atoms with van der Waals surface area (Å²) in [6, 6.07) is 7.53. The fourth-order valence-corrected chi connectivity index (χ4v) is 2.28. The molecule has 1 aliphatic rings. The monoisotopic (exact) mass is 246 g/mol. The van der Waals surface area contributed by atoms with Gasteiger partial charge in [-0.15, -0.1) is 0 Å². The normalized spacial score (nSPS) is 22.3. The summed E-state index contributed by atoms with van der Waals surface area (Å²) >= 11 is 0. The molecule has 1 aromatic carbocycles. The Hall–Kier alpha value is -1.51. The highest BCUT2D eigenvalue weighted by atomic mass is 16.1. The van der Waals surface area contributed by atoms with Crippen molar-refractivity contribution in [3.05, 3.63) is 29.8 Å². The van der Waals surface area contributed by atoms with Crippen molar-refractivity contribution in [1.29, 1.82) is 0 Å². The molecule has 2 unspecified atom stereocenters. The van der Waals surface area contributed by atoms with Gasteiger partial charge in [0, 0.05) is 12.2 Å². The van der Waals surface area contributed by atoms with Gasteiger partial charge in [0.05, 0.1) is 5.92 Å². The van der Waals surface area contributed by atoms with Crippen LogP contribution in [-0.4, -0.2) is 12.5 Å². The summed E-state index contributed by atoms with van der Waals surface area (Å²) in [4.78, 5) is 12.0. The van der Waals surface area contributed by atoms with Crippen LogP contribution in [-0.2, 0) is 4.79 Å². The Morgan fingerprint density at radius 1 is 1.56 bits per heavy atom. The molecule has 0 heterocycles. The molecule has 0 spiro atoms. The van der Waals surface area contributed by atoms with Crippen molar-refractivity contribution in [1.82, 2.24) is 5.32 Å². The fraction of sp³-hybridized carbons (Fsp3) is 0.533. The lowest BCUT2D eigenvalue weighted by atomic mass is 9.99. The molecule has 3 N–H and O–H groups in total. The van der Waals surface area contributed by atoms with E-state index in [-0.39, 0.29) is 11.8 Å². The summed E-state index contributed by atoms with van der Waals surface area (Å²) in [5.41, 5.74) is 7.82. The van der Waals surface area contributed by atoms with Crippen LogP contribution in [0, 0.1) is 11.3 Å². The van der Waals surface area contributed by atoms with Gasteiger partial charge in [0.25, 0.3) is 0 Å². The molecular formula is C15H22N2O. The highest BCUT2D eigenvalue weighted by Gasteiger charge is 2.45. The molecule has 1 aromatic rings. The third-order valence-corrected chi connectivity index (χ3v) is 4.04. The minimum atomic E-state index is -0.143. The van der Waals surface area contributed by atoms with Crippen LogP contribution in [0.4, 0.5) is 5.69 Å². The smallest absolute Gasteiger partial charge is 0.227 e. The van der Waals surface area contributed by atoms with Crippen LogP contribution < -0.4 is 11.1 Å². The summed E-state index contributed by atoms with van der Waals surface area (Å²) in [6.45, 7) is 7.19. The zero-order chi connectivity index (χ0) is 13.3. The molecule has 0 aliphatic heterocycles. The molecule has 0 aromatic heterocycles. The first-order valence-corrected chi connectivity index (χ1v) is 6.53. The molecule has 3 heteroatoms. The van der Waals surface area contributed by atoms with E-state index in [0.717, 1.165) is 12.1 Å². The highest BCUT2D eigenvalue weighted by molar-refractivity contribution is 5.83. The Morgan fingerprint density at radius 2 is 2.22 bits per heavy atom.